The molecule has 0 aliphatic carbocycles. The maximum atomic E-state index is 11.8. The molecule has 6 N–H and O–H groups in total. The number of imidazole rings is 1. The predicted octanol–water partition coefficient (Wildman–Crippen LogP) is 0.566. The molecule has 0 radical (unpaired) electrons. The third-order valence-corrected chi connectivity index (χ3v) is 14.2. The molecule has 3 rings (SSSR count). The molecule has 27 heavy (non-hydrogen) atoms. The molecule has 4 unspecified atom stereocenters. The van der Waals surface area contributed by atoms with Crippen LogP contribution in [-0.4, -0.2) is 51.8 Å². The summed E-state index contributed by atoms with van der Waals surface area (Å²) in [6.45, 7) is -6.40. The van der Waals surface area contributed by atoms with Gasteiger partial charge in [0.1, 0.15) is 18.1 Å². The average Bonchev–Trinajstić information content (AvgIpc) is 3.18. The third-order valence-electron chi connectivity index (χ3n) is 3.88. The summed E-state index contributed by atoms with van der Waals surface area (Å²) in [6.07, 6.45) is 2.16. The summed E-state index contributed by atoms with van der Waals surface area (Å²) in [6, 6.07) is 0. The summed E-state index contributed by atoms with van der Waals surface area (Å²) in [7, 11) is -11.2. The van der Waals surface area contributed by atoms with Gasteiger partial charge in [0.2, 0.25) is 0 Å². The molecule has 3 heterocycles. The van der Waals surface area contributed by atoms with Gasteiger partial charge in [0.15, 0.2) is 11.5 Å². The summed E-state index contributed by atoms with van der Waals surface area (Å²) in [5.41, 5.74) is 6.50. The number of nitrogen functional groups attached to an aromatic ring is 1. The second kappa shape index (κ2) is 7.00. The highest BCUT2D eigenvalue weighted by Gasteiger charge is 2.57. The molecule has 2 aromatic heterocycles. The van der Waals surface area contributed by atoms with E-state index in [4.69, 9.17) is 20.3 Å². The minimum atomic E-state index is -5.78. The van der Waals surface area contributed by atoms with Crippen molar-refractivity contribution in [1.82, 2.24) is 19.5 Å². The number of hydrogen-bond donors (Lipinski definition) is 5. The maximum Gasteiger partial charge on any atom is 0.422 e. The largest absolute Gasteiger partial charge is 0.422 e. The molecule has 14 nitrogen and oxygen atoms in total. The van der Waals surface area contributed by atoms with Gasteiger partial charge in [-0.05, 0) is 12.8 Å². The Morgan fingerprint density at radius 1 is 1.19 bits per heavy atom. The number of aromatic nitrogens is 4. The fraction of sp³-hybridized carbons (Fsp3) is 0.500. The fourth-order valence-corrected chi connectivity index (χ4v) is 7.95. The molecule has 2 aromatic rings. The fourth-order valence-electron chi connectivity index (χ4n) is 2.50. The van der Waals surface area contributed by atoms with E-state index < -0.39 is 40.3 Å². The summed E-state index contributed by atoms with van der Waals surface area (Å²) < 4.78 is 46.0. The zero-order valence-electron chi connectivity index (χ0n) is 13.5. The molecule has 1 saturated heterocycles. The van der Waals surface area contributed by atoms with E-state index in [1.165, 1.54) is 12.7 Å². The van der Waals surface area contributed by atoms with Gasteiger partial charge in [-0.15, -0.1) is 0 Å². The SMILES string of the molecule is Nc1ncnc2c1ncn2C1CCC(COP(=O)(O)P(=O)(O)P(=O)(O)O)O1. The summed E-state index contributed by atoms with van der Waals surface area (Å²) >= 11 is 0. The lowest BCUT2D eigenvalue weighted by molar-refractivity contribution is -0.0168. The Balaban J connectivity index is 1.68. The van der Waals surface area contributed by atoms with Crippen LogP contribution in [0.2, 0.25) is 0 Å². The van der Waals surface area contributed by atoms with E-state index in [1.54, 1.807) is 4.57 Å². The number of ether oxygens (including phenoxy) is 1. The van der Waals surface area contributed by atoms with E-state index in [2.05, 4.69) is 19.5 Å². The van der Waals surface area contributed by atoms with E-state index in [0.717, 1.165) is 0 Å². The van der Waals surface area contributed by atoms with Crippen LogP contribution in [0.3, 0.4) is 0 Å². The molecule has 0 aromatic carbocycles. The van der Waals surface area contributed by atoms with Crippen LogP contribution in [0, 0.1) is 0 Å². The van der Waals surface area contributed by atoms with Crippen molar-refractivity contribution in [3.63, 3.8) is 0 Å². The molecular formula is C10H16N5O9P3. The van der Waals surface area contributed by atoms with E-state index in [0.29, 0.717) is 24.0 Å². The molecule has 0 bridgehead atoms. The average molecular weight is 443 g/mol. The Labute approximate surface area is 151 Å². The van der Waals surface area contributed by atoms with Crippen molar-refractivity contribution in [2.75, 3.05) is 12.3 Å². The summed E-state index contributed by atoms with van der Waals surface area (Å²) in [5.74, 6) is 0.189. The molecule has 17 heteroatoms. The van der Waals surface area contributed by atoms with Crippen molar-refractivity contribution in [1.29, 1.82) is 0 Å². The molecule has 1 aliphatic heterocycles. The number of nitrogens with two attached hydrogens (primary N) is 1. The van der Waals surface area contributed by atoms with Crippen molar-refractivity contribution in [2.24, 2.45) is 0 Å². The van der Waals surface area contributed by atoms with Crippen molar-refractivity contribution in [3.05, 3.63) is 12.7 Å². The van der Waals surface area contributed by atoms with Crippen LogP contribution in [0.15, 0.2) is 12.7 Å². The number of rotatable bonds is 6. The minimum absolute atomic E-state index is 0.189. The van der Waals surface area contributed by atoms with E-state index >= 15 is 0 Å². The first-order chi connectivity index (χ1) is 12.4. The molecule has 150 valence electrons. The van der Waals surface area contributed by atoms with Crippen LogP contribution in [0.5, 0.6) is 0 Å². The quantitative estimate of drug-likeness (QED) is 0.386. The van der Waals surface area contributed by atoms with Crippen LogP contribution in [0.25, 0.3) is 11.2 Å². The zero-order chi connectivity index (χ0) is 20.0. The number of nitrogens with zero attached hydrogens (tertiary/aromatic N) is 4. The van der Waals surface area contributed by atoms with E-state index in [-0.39, 0.29) is 5.82 Å². The Kier molecular flexibility index (Phi) is 5.32. The van der Waals surface area contributed by atoms with Gasteiger partial charge in [0.05, 0.1) is 19.0 Å². The van der Waals surface area contributed by atoms with Crippen LogP contribution < -0.4 is 5.73 Å². The number of fused-ring (bicyclic) bond motifs is 1. The molecule has 0 spiro atoms. The lowest BCUT2D eigenvalue weighted by Crippen LogP contribution is -2.16. The normalized spacial score (nSPS) is 25.3. The van der Waals surface area contributed by atoms with Gasteiger partial charge in [0.25, 0.3) is 0 Å². The van der Waals surface area contributed by atoms with Gasteiger partial charge >= 0.3 is 21.3 Å². The predicted molar refractivity (Wildman–Crippen MR) is 90.5 cm³/mol. The first-order valence-corrected chi connectivity index (χ1v) is 13.6. The zero-order valence-corrected chi connectivity index (χ0v) is 16.2. The molecule has 0 amide bonds. The van der Waals surface area contributed by atoms with Crippen molar-refractivity contribution < 1.29 is 42.5 Å². The van der Waals surface area contributed by atoms with Crippen LogP contribution >= 0.6 is 21.3 Å². The van der Waals surface area contributed by atoms with E-state index in [9.17, 15) is 23.5 Å². The second-order valence-electron chi connectivity index (χ2n) is 5.69. The summed E-state index contributed by atoms with van der Waals surface area (Å²) in [4.78, 5) is 48.3. The number of anilines is 1. The van der Waals surface area contributed by atoms with Crippen molar-refractivity contribution >= 4 is 38.3 Å². The standard InChI is InChI=1S/C10H16N5O9P3/c11-9-8-10(13-4-12-9)15(5-14-8)7-2-1-6(24-7)3-23-26(19,20)27(21,22)25(16,17)18/h4-7H,1-3H2,(H,19,20)(H,21,22)(H2,11,12,13)(H2,16,17,18). The highest BCUT2D eigenvalue weighted by atomic mass is 32.5. The Morgan fingerprint density at radius 2 is 1.89 bits per heavy atom. The monoisotopic (exact) mass is 443 g/mol. The van der Waals surface area contributed by atoms with Crippen LogP contribution in [0.4, 0.5) is 5.82 Å². The molecule has 1 fully saturated rings. The Morgan fingerprint density at radius 3 is 2.56 bits per heavy atom. The van der Waals surface area contributed by atoms with Gasteiger partial charge in [-0.1, -0.05) is 0 Å². The Hall–Kier alpha value is -1.20. The smallest absolute Gasteiger partial charge is 0.382 e. The second-order valence-corrected chi connectivity index (χ2v) is 16.3. The van der Waals surface area contributed by atoms with Gasteiger partial charge in [-0.3, -0.25) is 13.7 Å². The van der Waals surface area contributed by atoms with Gasteiger partial charge in [-0.25, -0.2) is 24.1 Å². The minimum Gasteiger partial charge on any atom is -0.382 e. The van der Waals surface area contributed by atoms with Crippen LogP contribution in [-0.2, 0) is 23.0 Å². The van der Waals surface area contributed by atoms with Gasteiger partial charge in [0, 0.05) is 0 Å². The first kappa shape index (κ1) is 20.5. The molecule has 4 atom stereocenters. The molecule has 1 aliphatic rings. The number of hydrogen-bond acceptors (Lipinski definition) is 9. The van der Waals surface area contributed by atoms with E-state index in [1.807, 2.05) is 0 Å². The lowest BCUT2D eigenvalue weighted by atomic mass is 10.2. The third kappa shape index (κ3) is 3.73. The highest BCUT2D eigenvalue weighted by molar-refractivity contribution is 8.60. The topological polar surface area (TPSA) is 220 Å². The maximum absolute atomic E-state index is 11.8. The summed E-state index contributed by atoms with van der Waals surface area (Å²) in [5, 5.41) is 0. The first-order valence-electron chi connectivity index (χ1n) is 7.39. The van der Waals surface area contributed by atoms with Gasteiger partial charge in [-0.2, -0.15) is 0 Å². The lowest BCUT2D eigenvalue weighted by Gasteiger charge is -2.20. The molecular weight excluding hydrogens is 427 g/mol. The van der Waals surface area contributed by atoms with Gasteiger partial charge < -0.3 is 30.0 Å². The van der Waals surface area contributed by atoms with Crippen molar-refractivity contribution in [2.45, 2.75) is 25.2 Å². The van der Waals surface area contributed by atoms with Crippen molar-refractivity contribution in [3.8, 4) is 0 Å². The highest BCUT2D eigenvalue weighted by Crippen LogP contribution is 2.94. The Bertz CT molecular complexity index is 1010. The molecule has 0 saturated carbocycles. The van der Waals surface area contributed by atoms with Crippen LogP contribution in [0.1, 0.15) is 19.1 Å².